The highest BCUT2D eigenvalue weighted by molar-refractivity contribution is 6.69. The van der Waals surface area contributed by atoms with E-state index in [2.05, 4.69) is 0 Å². The zero-order valence-electron chi connectivity index (χ0n) is 11.2. The molecule has 0 bridgehead atoms. The Morgan fingerprint density at radius 1 is 0.810 bits per heavy atom. The van der Waals surface area contributed by atoms with Crippen LogP contribution < -0.4 is 4.74 Å². The monoisotopic (exact) mass is 284 g/mol. The Hall–Kier alpha value is -2.95. The predicted octanol–water partition coefficient (Wildman–Crippen LogP) is 2.04. The van der Waals surface area contributed by atoms with Gasteiger partial charge in [0.15, 0.2) is 0 Å². The molecule has 0 heterocycles. The van der Waals surface area contributed by atoms with Crippen LogP contribution in [0.15, 0.2) is 48.5 Å². The van der Waals surface area contributed by atoms with Crippen molar-refractivity contribution in [1.82, 2.24) is 0 Å². The molecule has 21 heavy (non-hydrogen) atoms. The lowest BCUT2D eigenvalue weighted by atomic mass is 10.00. The minimum Gasteiger partial charge on any atom is -0.508 e. The van der Waals surface area contributed by atoms with E-state index in [0.717, 1.165) is 0 Å². The lowest BCUT2D eigenvalue weighted by Crippen LogP contribution is -2.24. The fourth-order valence-electron chi connectivity index (χ4n) is 1.72. The molecule has 2 rings (SSSR count). The molecule has 0 unspecified atom stereocenters. The third-order valence-electron chi connectivity index (χ3n) is 2.89. The molecule has 0 saturated heterocycles. The van der Waals surface area contributed by atoms with Crippen LogP contribution in [0.25, 0.3) is 0 Å². The number of carbonyl (C=O) groups excluding carboxylic acids is 3. The second-order valence-corrected chi connectivity index (χ2v) is 4.26. The zero-order chi connectivity index (χ0) is 15.4. The number of ketones is 3. The van der Waals surface area contributed by atoms with Crippen molar-refractivity contribution in [1.29, 1.82) is 0 Å². The summed E-state index contributed by atoms with van der Waals surface area (Å²) >= 11 is 0. The van der Waals surface area contributed by atoms with Crippen LogP contribution in [0.4, 0.5) is 0 Å². The fraction of sp³-hybridized carbons (Fsp3) is 0.0625. The smallest absolute Gasteiger partial charge is 0.273 e. The van der Waals surface area contributed by atoms with Gasteiger partial charge < -0.3 is 9.84 Å². The van der Waals surface area contributed by atoms with Gasteiger partial charge in [-0.05, 0) is 48.5 Å². The molecule has 0 fully saturated rings. The minimum absolute atomic E-state index is 0.0273. The van der Waals surface area contributed by atoms with Crippen LogP contribution in [0.2, 0.25) is 0 Å². The van der Waals surface area contributed by atoms with Gasteiger partial charge >= 0.3 is 0 Å². The Morgan fingerprint density at radius 2 is 1.24 bits per heavy atom. The van der Waals surface area contributed by atoms with Crippen LogP contribution in [0.5, 0.6) is 11.5 Å². The summed E-state index contributed by atoms with van der Waals surface area (Å²) in [5.41, 5.74) is 0.174. The first-order valence-electron chi connectivity index (χ1n) is 6.09. The summed E-state index contributed by atoms with van der Waals surface area (Å²) in [5, 5.41) is 9.14. The van der Waals surface area contributed by atoms with Crippen molar-refractivity contribution in [3.63, 3.8) is 0 Å². The first kappa shape index (κ1) is 14.5. The molecule has 2 aromatic carbocycles. The Balaban J connectivity index is 2.20. The molecule has 0 aliphatic rings. The van der Waals surface area contributed by atoms with Gasteiger partial charge in [-0.15, -0.1) is 0 Å². The number of phenolic OH excluding ortho intramolecular Hbond substituents is 1. The Morgan fingerprint density at radius 3 is 1.67 bits per heavy atom. The van der Waals surface area contributed by atoms with E-state index in [1.54, 1.807) is 0 Å². The molecule has 1 N–H and O–H groups in total. The topological polar surface area (TPSA) is 80.7 Å². The largest absolute Gasteiger partial charge is 0.508 e. The van der Waals surface area contributed by atoms with Gasteiger partial charge in [-0.1, -0.05) is 0 Å². The van der Waals surface area contributed by atoms with Crippen molar-refractivity contribution in [3.8, 4) is 11.5 Å². The van der Waals surface area contributed by atoms with Crippen LogP contribution in [0.3, 0.4) is 0 Å². The van der Waals surface area contributed by atoms with E-state index in [9.17, 15) is 14.4 Å². The second-order valence-electron chi connectivity index (χ2n) is 4.26. The summed E-state index contributed by atoms with van der Waals surface area (Å²) in [6.07, 6.45) is 0. The van der Waals surface area contributed by atoms with Gasteiger partial charge in [0.1, 0.15) is 11.5 Å². The number of aromatic hydroxyl groups is 1. The second kappa shape index (κ2) is 6.00. The van der Waals surface area contributed by atoms with Crippen LogP contribution in [-0.2, 0) is 4.79 Å². The summed E-state index contributed by atoms with van der Waals surface area (Å²) in [5.74, 6) is -2.39. The molecule has 5 nitrogen and oxygen atoms in total. The van der Waals surface area contributed by atoms with Gasteiger partial charge in [0, 0.05) is 11.1 Å². The molecule has 0 aliphatic heterocycles. The quantitative estimate of drug-likeness (QED) is 0.516. The van der Waals surface area contributed by atoms with Gasteiger partial charge in [0.05, 0.1) is 7.11 Å². The molecular formula is C16H12O5. The molecule has 2 aromatic rings. The average molecular weight is 284 g/mol. The van der Waals surface area contributed by atoms with Crippen molar-refractivity contribution in [2.24, 2.45) is 0 Å². The van der Waals surface area contributed by atoms with E-state index in [4.69, 9.17) is 9.84 Å². The van der Waals surface area contributed by atoms with Crippen molar-refractivity contribution in [3.05, 3.63) is 59.7 Å². The highest BCUT2D eigenvalue weighted by atomic mass is 16.5. The molecule has 0 aliphatic carbocycles. The number of Topliss-reactive ketones (excluding diaryl/α,β-unsaturated/α-hetero) is 3. The molecular weight excluding hydrogens is 272 g/mol. The van der Waals surface area contributed by atoms with E-state index in [1.165, 1.54) is 55.6 Å². The van der Waals surface area contributed by atoms with Crippen molar-refractivity contribution < 1.29 is 24.2 Å². The molecule has 106 valence electrons. The number of rotatable bonds is 5. The predicted molar refractivity (Wildman–Crippen MR) is 74.8 cm³/mol. The van der Waals surface area contributed by atoms with Crippen molar-refractivity contribution in [2.45, 2.75) is 0 Å². The van der Waals surface area contributed by atoms with Gasteiger partial charge in [0.2, 0.25) is 11.6 Å². The number of benzene rings is 2. The van der Waals surface area contributed by atoms with E-state index < -0.39 is 17.3 Å². The van der Waals surface area contributed by atoms with E-state index in [0.29, 0.717) is 5.75 Å². The number of hydrogen-bond acceptors (Lipinski definition) is 5. The third kappa shape index (κ3) is 3.14. The number of carbonyl (C=O) groups is 3. The summed E-state index contributed by atoms with van der Waals surface area (Å²) < 4.78 is 4.95. The van der Waals surface area contributed by atoms with E-state index in [1.807, 2.05) is 0 Å². The van der Waals surface area contributed by atoms with Crippen LogP contribution >= 0.6 is 0 Å². The van der Waals surface area contributed by atoms with Crippen molar-refractivity contribution in [2.75, 3.05) is 7.11 Å². The van der Waals surface area contributed by atoms with Gasteiger partial charge in [-0.25, -0.2) is 0 Å². The maximum atomic E-state index is 12.0. The van der Waals surface area contributed by atoms with Gasteiger partial charge in [-0.2, -0.15) is 0 Å². The molecule has 0 saturated carbocycles. The average Bonchev–Trinajstić information content (AvgIpc) is 2.53. The van der Waals surface area contributed by atoms with E-state index in [-0.39, 0.29) is 16.9 Å². The Kier molecular flexibility index (Phi) is 4.13. The fourth-order valence-corrected chi connectivity index (χ4v) is 1.72. The molecule has 5 heteroatoms. The summed E-state index contributed by atoms with van der Waals surface area (Å²) in [6.45, 7) is 0. The summed E-state index contributed by atoms with van der Waals surface area (Å²) in [7, 11) is 1.48. The molecule has 0 radical (unpaired) electrons. The molecule has 0 spiro atoms. The highest BCUT2D eigenvalue weighted by Gasteiger charge is 2.25. The first-order chi connectivity index (χ1) is 10.0. The number of hydrogen-bond donors (Lipinski definition) is 1. The Labute approximate surface area is 120 Å². The summed E-state index contributed by atoms with van der Waals surface area (Å²) in [6, 6.07) is 11.0. The maximum absolute atomic E-state index is 12.0. The highest BCUT2D eigenvalue weighted by Crippen LogP contribution is 2.14. The van der Waals surface area contributed by atoms with E-state index >= 15 is 0 Å². The lowest BCUT2D eigenvalue weighted by molar-refractivity contribution is -0.111. The number of phenols is 1. The standard InChI is InChI=1S/C16H12O5/c1-21-13-8-4-11(5-9-13)15(19)16(20)14(18)10-2-6-12(17)7-3-10/h2-9,17H,1H3. The maximum Gasteiger partial charge on any atom is 0.273 e. The van der Waals surface area contributed by atoms with Gasteiger partial charge in [-0.3, -0.25) is 14.4 Å². The summed E-state index contributed by atoms with van der Waals surface area (Å²) in [4.78, 5) is 35.8. The first-order valence-corrected chi connectivity index (χ1v) is 6.09. The molecule has 0 amide bonds. The van der Waals surface area contributed by atoms with Crippen LogP contribution in [0, 0.1) is 0 Å². The number of ether oxygens (including phenoxy) is 1. The zero-order valence-corrected chi connectivity index (χ0v) is 11.2. The normalized spacial score (nSPS) is 9.95. The minimum atomic E-state index is -1.12. The molecule has 0 atom stereocenters. The van der Waals surface area contributed by atoms with Crippen LogP contribution in [-0.4, -0.2) is 29.6 Å². The lowest BCUT2D eigenvalue weighted by Gasteiger charge is -2.02. The SMILES string of the molecule is COc1ccc(C(=O)C(=O)C(=O)c2ccc(O)cc2)cc1. The van der Waals surface area contributed by atoms with Crippen molar-refractivity contribution >= 4 is 17.3 Å². The Bertz CT molecular complexity index is 684. The number of methoxy groups -OCH3 is 1. The molecule has 0 aromatic heterocycles. The van der Waals surface area contributed by atoms with Crippen LogP contribution in [0.1, 0.15) is 20.7 Å². The van der Waals surface area contributed by atoms with Gasteiger partial charge in [0.25, 0.3) is 5.78 Å². The third-order valence-corrected chi connectivity index (χ3v) is 2.89.